The summed E-state index contributed by atoms with van der Waals surface area (Å²) in [6.07, 6.45) is 2.51. The molecule has 0 aromatic heterocycles. The first kappa shape index (κ1) is 28.1. The van der Waals surface area contributed by atoms with E-state index >= 15 is 0 Å². The summed E-state index contributed by atoms with van der Waals surface area (Å²) < 4.78 is 0. The largest absolute Gasteiger partial charge is 0.311 e. The standard InChI is InChI=1S/C39H28N2O3/c42-26-29-6-16-35(17-7-29)40(34-4-2-1-3-5-34)38-22-12-32(13-23-38)33-14-24-39(25-15-33)41(36-18-8-30(27-43)9-19-36)37-20-10-31(28-44)11-21-37/h1-28H. The molecule has 0 amide bonds. The van der Waals surface area contributed by atoms with E-state index in [0.29, 0.717) is 16.7 Å². The van der Waals surface area contributed by atoms with Gasteiger partial charge in [-0.05, 0) is 120 Å². The highest BCUT2D eigenvalue weighted by molar-refractivity contribution is 5.84. The summed E-state index contributed by atoms with van der Waals surface area (Å²) in [6.45, 7) is 0. The first-order chi connectivity index (χ1) is 21.7. The molecule has 0 saturated carbocycles. The second-order valence-electron chi connectivity index (χ2n) is 10.2. The van der Waals surface area contributed by atoms with Crippen LogP contribution in [-0.2, 0) is 0 Å². The summed E-state index contributed by atoms with van der Waals surface area (Å²) in [6, 6.07) is 49.2. The third-order valence-electron chi connectivity index (χ3n) is 7.46. The average molecular weight is 573 g/mol. The van der Waals surface area contributed by atoms with Crippen molar-refractivity contribution in [3.63, 3.8) is 0 Å². The average Bonchev–Trinajstić information content (AvgIpc) is 3.10. The van der Waals surface area contributed by atoms with E-state index in [1.54, 1.807) is 24.3 Å². The fraction of sp³-hybridized carbons (Fsp3) is 0. The number of benzene rings is 6. The van der Waals surface area contributed by atoms with Crippen molar-refractivity contribution < 1.29 is 14.4 Å². The molecule has 0 saturated heterocycles. The van der Waals surface area contributed by atoms with Gasteiger partial charge in [-0.2, -0.15) is 0 Å². The fourth-order valence-corrected chi connectivity index (χ4v) is 5.18. The summed E-state index contributed by atoms with van der Waals surface area (Å²) in [4.78, 5) is 37.9. The van der Waals surface area contributed by atoms with Gasteiger partial charge in [0.1, 0.15) is 18.9 Å². The molecule has 0 aliphatic heterocycles. The maximum atomic E-state index is 11.2. The molecule has 0 heterocycles. The molecule has 0 fully saturated rings. The van der Waals surface area contributed by atoms with Crippen molar-refractivity contribution in [1.29, 1.82) is 0 Å². The Bertz CT molecular complexity index is 1810. The Hall–Kier alpha value is -6.07. The van der Waals surface area contributed by atoms with Crippen LogP contribution in [0.2, 0.25) is 0 Å². The lowest BCUT2D eigenvalue weighted by atomic mass is 10.0. The van der Waals surface area contributed by atoms with Gasteiger partial charge in [0.05, 0.1) is 0 Å². The Balaban J connectivity index is 1.31. The molecule has 6 rings (SSSR count). The van der Waals surface area contributed by atoms with Gasteiger partial charge < -0.3 is 9.80 Å². The third-order valence-corrected chi connectivity index (χ3v) is 7.46. The van der Waals surface area contributed by atoms with Crippen LogP contribution < -0.4 is 9.80 Å². The minimum atomic E-state index is 0.604. The predicted octanol–water partition coefficient (Wildman–Crippen LogP) is 9.73. The van der Waals surface area contributed by atoms with E-state index in [1.807, 2.05) is 66.7 Å². The molecule has 0 aliphatic rings. The second-order valence-corrected chi connectivity index (χ2v) is 10.2. The Kier molecular flexibility index (Phi) is 8.19. The van der Waals surface area contributed by atoms with E-state index in [0.717, 1.165) is 64.1 Å². The van der Waals surface area contributed by atoms with Gasteiger partial charge >= 0.3 is 0 Å². The molecule has 0 bridgehead atoms. The molecular weight excluding hydrogens is 544 g/mol. The maximum absolute atomic E-state index is 11.2. The van der Waals surface area contributed by atoms with E-state index in [2.05, 4.69) is 70.5 Å². The van der Waals surface area contributed by atoms with Crippen LogP contribution in [-0.4, -0.2) is 18.9 Å². The molecule has 0 unspecified atom stereocenters. The number of hydrogen-bond donors (Lipinski definition) is 0. The second kappa shape index (κ2) is 12.8. The predicted molar refractivity (Wildman–Crippen MR) is 177 cm³/mol. The van der Waals surface area contributed by atoms with E-state index in [9.17, 15) is 14.4 Å². The minimum absolute atomic E-state index is 0.604. The molecule has 6 aromatic rings. The monoisotopic (exact) mass is 572 g/mol. The summed E-state index contributed by atoms with van der Waals surface area (Å²) in [5, 5.41) is 0. The van der Waals surface area contributed by atoms with Crippen LogP contribution in [0.4, 0.5) is 34.1 Å². The Morgan fingerprint density at radius 1 is 0.295 bits per heavy atom. The highest BCUT2D eigenvalue weighted by atomic mass is 16.1. The number of carbonyl (C=O) groups is 3. The Morgan fingerprint density at radius 2 is 0.545 bits per heavy atom. The summed E-state index contributed by atoms with van der Waals surface area (Å²) in [7, 11) is 0. The molecule has 0 spiro atoms. The van der Waals surface area contributed by atoms with Gasteiger partial charge in [0.25, 0.3) is 0 Å². The minimum Gasteiger partial charge on any atom is -0.311 e. The lowest BCUT2D eigenvalue weighted by molar-refractivity contribution is 0.111. The summed E-state index contributed by atoms with van der Waals surface area (Å²) in [5.41, 5.74) is 9.69. The van der Waals surface area contributed by atoms with Crippen LogP contribution in [0.3, 0.4) is 0 Å². The van der Waals surface area contributed by atoms with Crippen LogP contribution >= 0.6 is 0 Å². The van der Waals surface area contributed by atoms with E-state index < -0.39 is 0 Å². The first-order valence-electron chi connectivity index (χ1n) is 14.2. The highest BCUT2D eigenvalue weighted by Gasteiger charge is 2.15. The van der Waals surface area contributed by atoms with Crippen LogP contribution in [0, 0.1) is 0 Å². The van der Waals surface area contributed by atoms with Gasteiger partial charge in [0, 0.05) is 50.8 Å². The van der Waals surface area contributed by atoms with Gasteiger partial charge in [-0.15, -0.1) is 0 Å². The van der Waals surface area contributed by atoms with Crippen LogP contribution in [0.15, 0.2) is 152 Å². The lowest BCUT2D eigenvalue weighted by Crippen LogP contribution is -2.10. The molecule has 0 aliphatic carbocycles. The smallest absolute Gasteiger partial charge is 0.150 e. The molecule has 0 atom stereocenters. The van der Waals surface area contributed by atoms with Crippen LogP contribution in [0.5, 0.6) is 0 Å². The van der Waals surface area contributed by atoms with Crippen molar-refractivity contribution in [1.82, 2.24) is 0 Å². The molecule has 44 heavy (non-hydrogen) atoms. The number of aldehydes is 3. The normalized spacial score (nSPS) is 10.5. The van der Waals surface area contributed by atoms with Gasteiger partial charge in [-0.25, -0.2) is 0 Å². The number of anilines is 6. The highest BCUT2D eigenvalue weighted by Crippen LogP contribution is 2.38. The molecule has 0 N–H and O–H groups in total. The zero-order valence-corrected chi connectivity index (χ0v) is 23.8. The number of rotatable bonds is 10. The van der Waals surface area contributed by atoms with Crippen LogP contribution in [0.1, 0.15) is 31.1 Å². The van der Waals surface area contributed by atoms with Gasteiger partial charge in [0.15, 0.2) is 0 Å². The van der Waals surface area contributed by atoms with Crippen molar-refractivity contribution in [3.05, 3.63) is 168 Å². The third kappa shape index (κ3) is 5.94. The number of hydrogen-bond acceptors (Lipinski definition) is 5. The van der Waals surface area contributed by atoms with Gasteiger partial charge in [-0.1, -0.05) is 42.5 Å². The number of carbonyl (C=O) groups excluding carboxylic acids is 3. The Morgan fingerprint density at radius 3 is 0.818 bits per heavy atom. The molecule has 6 aromatic carbocycles. The van der Waals surface area contributed by atoms with E-state index in [1.165, 1.54) is 0 Å². The van der Waals surface area contributed by atoms with Crippen molar-refractivity contribution in [2.24, 2.45) is 0 Å². The zero-order valence-electron chi connectivity index (χ0n) is 23.8. The zero-order chi connectivity index (χ0) is 30.3. The molecule has 5 heteroatoms. The number of nitrogens with zero attached hydrogens (tertiary/aromatic N) is 2. The van der Waals surface area contributed by atoms with Crippen molar-refractivity contribution in [2.75, 3.05) is 9.80 Å². The molecular formula is C39H28N2O3. The molecule has 0 radical (unpaired) electrons. The molecule has 5 nitrogen and oxygen atoms in total. The topological polar surface area (TPSA) is 57.7 Å². The fourth-order valence-electron chi connectivity index (χ4n) is 5.18. The summed E-state index contributed by atoms with van der Waals surface area (Å²) >= 11 is 0. The number of para-hydroxylation sites is 1. The van der Waals surface area contributed by atoms with E-state index in [4.69, 9.17) is 0 Å². The lowest BCUT2D eigenvalue weighted by Gasteiger charge is -2.26. The Labute approximate surface area is 256 Å². The van der Waals surface area contributed by atoms with Crippen molar-refractivity contribution in [2.45, 2.75) is 0 Å². The van der Waals surface area contributed by atoms with Crippen molar-refractivity contribution >= 4 is 53.0 Å². The van der Waals surface area contributed by atoms with Crippen LogP contribution in [0.25, 0.3) is 11.1 Å². The quantitative estimate of drug-likeness (QED) is 0.153. The first-order valence-corrected chi connectivity index (χ1v) is 14.2. The van der Waals surface area contributed by atoms with E-state index in [-0.39, 0.29) is 0 Å². The molecule has 212 valence electrons. The maximum Gasteiger partial charge on any atom is 0.150 e. The summed E-state index contributed by atoms with van der Waals surface area (Å²) in [5.74, 6) is 0. The van der Waals surface area contributed by atoms with Gasteiger partial charge in [0.2, 0.25) is 0 Å². The van der Waals surface area contributed by atoms with Crippen molar-refractivity contribution in [3.8, 4) is 11.1 Å². The van der Waals surface area contributed by atoms with Gasteiger partial charge in [-0.3, -0.25) is 14.4 Å². The SMILES string of the molecule is O=Cc1ccc(N(c2ccccc2)c2ccc(-c3ccc(N(c4ccc(C=O)cc4)c4ccc(C=O)cc4)cc3)cc2)cc1.